The van der Waals surface area contributed by atoms with Gasteiger partial charge in [0.1, 0.15) is 11.5 Å². The lowest BCUT2D eigenvalue weighted by molar-refractivity contribution is 0.0952. The van der Waals surface area contributed by atoms with Gasteiger partial charge < -0.3 is 19.3 Å². The number of carbonyl (C=O) groups excluding carboxylic acids is 1. The highest BCUT2D eigenvalue weighted by atomic mass is 16.5. The first kappa shape index (κ1) is 18.1. The number of rotatable bonds is 7. The zero-order valence-corrected chi connectivity index (χ0v) is 14.3. The Kier molecular flexibility index (Phi) is 6.22. The van der Waals surface area contributed by atoms with Crippen LogP contribution in [0.4, 0.5) is 0 Å². The Balaban J connectivity index is 2.06. The minimum absolute atomic E-state index is 0.0993. The number of nitrogens with one attached hydrogen (secondary N) is 1. The van der Waals surface area contributed by atoms with Crippen molar-refractivity contribution in [3.8, 4) is 23.0 Å². The summed E-state index contributed by atoms with van der Waals surface area (Å²) in [6.45, 7) is 2.42. The molecule has 0 fully saturated rings. The Morgan fingerprint density at radius 1 is 1.16 bits per heavy atom. The Hall–Kier alpha value is -3.22. The average Bonchev–Trinajstić information content (AvgIpc) is 2.62. The second-order valence-electron chi connectivity index (χ2n) is 4.93. The molecule has 0 aromatic heterocycles. The number of benzene rings is 2. The molecule has 0 aliphatic rings. The monoisotopic (exact) mass is 344 g/mol. The highest BCUT2D eigenvalue weighted by molar-refractivity contribution is 5.97. The van der Waals surface area contributed by atoms with Crippen molar-refractivity contribution >= 4 is 12.1 Å². The SMILES string of the molecule is CCOc1ccc(/C=N\NC(=O)c2ccc(OC)cc2O)cc1OC. The van der Waals surface area contributed by atoms with Crippen LogP contribution in [0.25, 0.3) is 0 Å². The Bertz CT molecular complexity index is 774. The number of ether oxygens (including phenoxy) is 3. The molecule has 2 N–H and O–H groups in total. The molecule has 2 rings (SSSR count). The van der Waals surface area contributed by atoms with Crippen LogP contribution in [0, 0.1) is 0 Å². The molecule has 0 radical (unpaired) electrons. The summed E-state index contributed by atoms with van der Waals surface area (Å²) in [4.78, 5) is 12.0. The van der Waals surface area contributed by atoms with E-state index in [2.05, 4.69) is 10.5 Å². The topological polar surface area (TPSA) is 89.4 Å². The third-order valence-electron chi connectivity index (χ3n) is 3.32. The quantitative estimate of drug-likeness (QED) is 0.595. The molecule has 0 bridgehead atoms. The van der Waals surface area contributed by atoms with E-state index in [-0.39, 0.29) is 11.3 Å². The van der Waals surface area contributed by atoms with E-state index in [9.17, 15) is 9.90 Å². The first-order valence-corrected chi connectivity index (χ1v) is 7.60. The van der Waals surface area contributed by atoms with Gasteiger partial charge in [-0.05, 0) is 42.8 Å². The first-order chi connectivity index (χ1) is 12.1. The van der Waals surface area contributed by atoms with Gasteiger partial charge in [0.05, 0.1) is 32.6 Å². The van der Waals surface area contributed by atoms with Gasteiger partial charge in [0.25, 0.3) is 5.91 Å². The molecule has 0 aliphatic carbocycles. The molecule has 7 heteroatoms. The van der Waals surface area contributed by atoms with Crippen LogP contribution in [0.15, 0.2) is 41.5 Å². The van der Waals surface area contributed by atoms with E-state index in [0.29, 0.717) is 23.9 Å². The highest BCUT2D eigenvalue weighted by Gasteiger charge is 2.11. The minimum Gasteiger partial charge on any atom is -0.507 e. The molecule has 132 valence electrons. The second kappa shape index (κ2) is 8.58. The molecule has 0 saturated carbocycles. The highest BCUT2D eigenvalue weighted by Crippen LogP contribution is 2.27. The van der Waals surface area contributed by atoms with Crippen molar-refractivity contribution in [2.45, 2.75) is 6.92 Å². The Morgan fingerprint density at radius 2 is 1.96 bits per heavy atom. The molecule has 25 heavy (non-hydrogen) atoms. The smallest absolute Gasteiger partial charge is 0.275 e. The molecular formula is C18H20N2O5. The number of methoxy groups -OCH3 is 2. The Morgan fingerprint density at radius 3 is 2.60 bits per heavy atom. The van der Waals surface area contributed by atoms with Gasteiger partial charge in [-0.3, -0.25) is 4.79 Å². The van der Waals surface area contributed by atoms with Gasteiger partial charge in [0, 0.05) is 6.07 Å². The predicted octanol–water partition coefficient (Wildman–Crippen LogP) is 2.57. The molecule has 0 aliphatic heterocycles. The third-order valence-corrected chi connectivity index (χ3v) is 3.32. The molecule has 0 atom stereocenters. The van der Waals surface area contributed by atoms with Crippen molar-refractivity contribution in [3.63, 3.8) is 0 Å². The summed E-state index contributed by atoms with van der Waals surface area (Å²) < 4.78 is 15.7. The fraction of sp³-hybridized carbons (Fsp3) is 0.222. The maximum Gasteiger partial charge on any atom is 0.275 e. The number of phenols is 1. The molecule has 7 nitrogen and oxygen atoms in total. The van der Waals surface area contributed by atoms with E-state index in [1.807, 2.05) is 6.92 Å². The van der Waals surface area contributed by atoms with Gasteiger partial charge in [0.15, 0.2) is 11.5 Å². The average molecular weight is 344 g/mol. The minimum atomic E-state index is -0.533. The van der Waals surface area contributed by atoms with Crippen molar-refractivity contribution < 1.29 is 24.1 Å². The largest absolute Gasteiger partial charge is 0.507 e. The molecular weight excluding hydrogens is 324 g/mol. The first-order valence-electron chi connectivity index (χ1n) is 7.60. The van der Waals surface area contributed by atoms with E-state index in [1.165, 1.54) is 25.5 Å². The Labute approximate surface area is 145 Å². The number of hydrogen-bond acceptors (Lipinski definition) is 6. The van der Waals surface area contributed by atoms with Crippen LogP contribution in [0.3, 0.4) is 0 Å². The summed E-state index contributed by atoms with van der Waals surface area (Å²) in [5, 5.41) is 13.7. The van der Waals surface area contributed by atoms with Crippen molar-refractivity contribution in [2.75, 3.05) is 20.8 Å². The van der Waals surface area contributed by atoms with E-state index in [4.69, 9.17) is 14.2 Å². The van der Waals surface area contributed by atoms with Crippen LogP contribution >= 0.6 is 0 Å². The van der Waals surface area contributed by atoms with E-state index >= 15 is 0 Å². The summed E-state index contributed by atoms with van der Waals surface area (Å²) in [5.41, 5.74) is 3.18. The molecule has 2 aromatic carbocycles. The molecule has 0 spiro atoms. The van der Waals surface area contributed by atoms with E-state index < -0.39 is 5.91 Å². The van der Waals surface area contributed by atoms with Crippen LogP contribution in [-0.4, -0.2) is 38.1 Å². The number of phenolic OH excluding ortho intramolecular Hbond substituents is 1. The number of aromatic hydroxyl groups is 1. The van der Waals surface area contributed by atoms with E-state index in [0.717, 1.165) is 5.56 Å². The lowest BCUT2D eigenvalue weighted by Gasteiger charge is -2.09. The normalized spacial score (nSPS) is 10.5. The standard InChI is InChI=1S/C18H20N2O5/c1-4-25-16-8-5-12(9-17(16)24-3)11-19-20-18(22)14-7-6-13(23-2)10-15(14)21/h5-11,21H,4H2,1-3H3,(H,20,22)/b19-11-. The molecule has 0 heterocycles. The van der Waals surface area contributed by atoms with Gasteiger partial charge in [-0.25, -0.2) is 5.43 Å². The zero-order valence-electron chi connectivity index (χ0n) is 14.3. The number of hydrazone groups is 1. The third kappa shape index (κ3) is 4.63. The van der Waals surface area contributed by atoms with Crippen LogP contribution in [0.1, 0.15) is 22.8 Å². The van der Waals surface area contributed by atoms with Gasteiger partial charge in [0.2, 0.25) is 0 Å². The number of amides is 1. The lowest BCUT2D eigenvalue weighted by Crippen LogP contribution is -2.17. The van der Waals surface area contributed by atoms with Gasteiger partial charge in [-0.2, -0.15) is 5.10 Å². The molecule has 0 unspecified atom stereocenters. The maximum absolute atomic E-state index is 12.0. The van der Waals surface area contributed by atoms with Crippen molar-refractivity contribution in [1.82, 2.24) is 5.43 Å². The number of carbonyl (C=O) groups is 1. The number of hydrogen-bond donors (Lipinski definition) is 2. The van der Waals surface area contributed by atoms with Gasteiger partial charge >= 0.3 is 0 Å². The maximum atomic E-state index is 12.0. The summed E-state index contributed by atoms with van der Waals surface area (Å²) in [6.07, 6.45) is 1.47. The van der Waals surface area contributed by atoms with Crippen molar-refractivity contribution in [3.05, 3.63) is 47.5 Å². The fourth-order valence-electron chi connectivity index (χ4n) is 2.10. The molecule has 2 aromatic rings. The second-order valence-corrected chi connectivity index (χ2v) is 4.93. The van der Waals surface area contributed by atoms with E-state index in [1.54, 1.807) is 31.4 Å². The van der Waals surface area contributed by atoms with Gasteiger partial charge in [-0.15, -0.1) is 0 Å². The fourth-order valence-corrected chi connectivity index (χ4v) is 2.10. The number of nitrogens with zero attached hydrogens (tertiary/aromatic N) is 1. The van der Waals surface area contributed by atoms with Crippen molar-refractivity contribution in [1.29, 1.82) is 0 Å². The van der Waals surface area contributed by atoms with Gasteiger partial charge in [-0.1, -0.05) is 0 Å². The van der Waals surface area contributed by atoms with Crippen LogP contribution in [-0.2, 0) is 0 Å². The zero-order chi connectivity index (χ0) is 18.2. The molecule has 0 saturated heterocycles. The summed E-state index contributed by atoms with van der Waals surface area (Å²) >= 11 is 0. The summed E-state index contributed by atoms with van der Waals surface area (Å²) in [5.74, 6) is 0.947. The summed E-state index contributed by atoms with van der Waals surface area (Å²) in [7, 11) is 3.02. The lowest BCUT2D eigenvalue weighted by atomic mass is 10.2. The summed E-state index contributed by atoms with van der Waals surface area (Å²) in [6, 6.07) is 9.69. The molecule has 1 amide bonds. The van der Waals surface area contributed by atoms with Crippen LogP contribution in [0.2, 0.25) is 0 Å². The van der Waals surface area contributed by atoms with Crippen LogP contribution < -0.4 is 19.6 Å². The van der Waals surface area contributed by atoms with Crippen molar-refractivity contribution in [2.24, 2.45) is 5.10 Å². The van der Waals surface area contributed by atoms with Crippen LogP contribution in [0.5, 0.6) is 23.0 Å². The predicted molar refractivity (Wildman–Crippen MR) is 93.9 cm³/mol.